The van der Waals surface area contributed by atoms with Gasteiger partial charge in [-0.05, 0) is 65.7 Å². The second-order valence-electron chi connectivity index (χ2n) is 14.4. The Morgan fingerprint density at radius 1 is 0.440 bits per heavy atom. The lowest BCUT2D eigenvalue weighted by Crippen LogP contribution is -2.35. The van der Waals surface area contributed by atoms with Crippen molar-refractivity contribution >= 4 is 18.0 Å². The standard InChI is InChI=1S/C41H81N3O6/c1-5-7-9-11-13-17-23-29-39(45)48-36-27-21-15-19-25-32-44(35-38-50-41(47)42-31-34-43(3)4)33-26-20-16-22-28-37-49-40(46)30-24-18-14-12-10-8-6-2/h5-38H2,1-4H3,(H,42,47). The third-order valence-electron chi connectivity index (χ3n) is 9.20. The maximum atomic E-state index is 12.0. The van der Waals surface area contributed by atoms with Gasteiger partial charge < -0.3 is 24.4 Å². The molecule has 0 radical (unpaired) electrons. The largest absolute Gasteiger partial charge is 0.466 e. The van der Waals surface area contributed by atoms with E-state index < -0.39 is 0 Å². The number of unbranched alkanes of at least 4 members (excludes halogenated alkanes) is 20. The lowest BCUT2D eigenvalue weighted by Gasteiger charge is -2.22. The smallest absolute Gasteiger partial charge is 0.407 e. The van der Waals surface area contributed by atoms with E-state index in [1.54, 1.807) is 0 Å². The second kappa shape index (κ2) is 38.4. The Morgan fingerprint density at radius 2 is 0.840 bits per heavy atom. The van der Waals surface area contributed by atoms with Gasteiger partial charge in [0.05, 0.1) is 13.2 Å². The summed E-state index contributed by atoms with van der Waals surface area (Å²) in [5.74, 6) is -0.0827. The van der Waals surface area contributed by atoms with Crippen LogP contribution in [0, 0.1) is 0 Å². The molecular weight excluding hydrogens is 630 g/mol. The summed E-state index contributed by atoms with van der Waals surface area (Å²) in [5.41, 5.74) is 0. The average molecular weight is 712 g/mol. The summed E-state index contributed by atoms with van der Waals surface area (Å²) in [6.07, 6.45) is 28.5. The normalized spacial score (nSPS) is 11.3. The molecule has 9 heteroatoms. The number of amides is 1. The zero-order chi connectivity index (χ0) is 36.8. The first-order valence-corrected chi connectivity index (χ1v) is 21.0. The molecule has 0 spiro atoms. The zero-order valence-corrected chi connectivity index (χ0v) is 33.4. The molecule has 0 aromatic carbocycles. The van der Waals surface area contributed by atoms with Crippen molar-refractivity contribution in [2.45, 2.75) is 181 Å². The molecule has 1 amide bonds. The minimum atomic E-state index is -0.349. The predicted molar refractivity (Wildman–Crippen MR) is 208 cm³/mol. The fraction of sp³-hybridized carbons (Fsp3) is 0.927. The Balaban J connectivity index is 4.08. The first-order valence-electron chi connectivity index (χ1n) is 21.0. The lowest BCUT2D eigenvalue weighted by molar-refractivity contribution is -0.144. The van der Waals surface area contributed by atoms with Crippen LogP contribution in [-0.4, -0.2) is 94.5 Å². The number of nitrogens with zero attached hydrogens (tertiary/aromatic N) is 2. The van der Waals surface area contributed by atoms with Crippen LogP contribution in [0.15, 0.2) is 0 Å². The molecule has 296 valence electrons. The van der Waals surface area contributed by atoms with Crippen LogP contribution in [0.4, 0.5) is 4.79 Å². The second-order valence-corrected chi connectivity index (χ2v) is 14.4. The van der Waals surface area contributed by atoms with Crippen molar-refractivity contribution in [3.8, 4) is 0 Å². The summed E-state index contributed by atoms with van der Waals surface area (Å²) in [4.78, 5) is 40.5. The van der Waals surface area contributed by atoms with Crippen molar-refractivity contribution in [2.24, 2.45) is 0 Å². The molecule has 0 aromatic rings. The number of likely N-dealkylation sites (N-methyl/N-ethyl adjacent to an activating group) is 1. The van der Waals surface area contributed by atoms with Crippen molar-refractivity contribution in [1.82, 2.24) is 15.1 Å². The van der Waals surface area contributed by atoms with Gasteiger partial charge in [-0.2, -0.15) is 0 Å². The Hall–Kier alpha value is -1.87. The summed E-state index contributed by atoms with van der Waals surface area (Å²) in [7, 11) is 3.96. The van der Waals surface area contributed by atoms with Crippen LogP contribution >= 0.6 is 0 Å². The van der Waals surface area contributed by atoms with Gasteiger partial charge in [-0.1, -0.05) is 129 Å². The van der Waals surface area contributed by atoms with Crippen molar-refractivity contribution in [3.05, 3.63) is 0 Å². The number of alkyl carbamates (subject to hydrolysis) is 1. The van der Waals surface area contributed by atoms with E-state index >= 15 is 0 Å². The van der Waals surface area contributed by atoms with Gasteiger partial charge in [0.15, 0.2) is 0 Å². The first-order chi connectivity index (χ1) is 24.4. The van der Waals surface area contributed by atoms with E-state index in [1.165, 1.54) is 64.2 Å². The van der Waals surface area contributed by atoms with Crippen LogP contribution in [0.1, 0.15) is 181 Å². The minimum Gasteiger partial charge on any atom is -0.466 e. The molecule has 0 heterocycles. The molecular formula is C41H81N3O6. The Labute approximate surface area is 308 Å². The molecule has 0 rings (SSSR count). The van der Waals surface area contributed by atoms with Gasteiger partial charge in [0.2, 0.25) is 0 Å². The summed E-state index contributed by atoms with van der Waals surface area (Å²) < 4.78 is 16.3. The summed E-state index contributed by atoms with van der Waals surface area (Å²) in [5, 5.41) is 2.81. The van der Waals surface area contributed by atoms with E-state index in [1.807, 2.05) is 19.0 Å². The van der Waals surface area contributed by atoms with Crippen LogP contribution in [0.5, 0.6) is 0 Å². The molecule has 0 atom stereocenters. The summed E-state index contributed by atoms with van der Waals surface area (Å²) >= 11 is 0. The molecule has 0 unspecified atom stereocenters. The van der Waals surface area contributed by atoms with Gasteiger partial charge in [-0.15, -0.1) is 0 Å². The van der Waals surface area contributed by atoms with Gasteiger partial charge in [0.25, 0.3) is 0 Å². The number of esters is 2. The Kier molecular flexibility index (Phi) is 36.9. The van der Waals surface area contributed by atoms with E-state index in [0.717, 1.165) is 116 Å². The van der Waals surface area contributed by atoms with Crippen LogP contribution in [-0.2, 0) is 23.8 Å². The average Bonchev–Trinajstić information content (AvgIpc) is 3.09. The van der Waals surface area contributed by atoms with Crippen LogP contribution in [0.25, 0.3) is 0 Å². The molecule has 9 nitrogen and oxygen atoms in total. The molecule has 1 N–H and O–H groups in total. The molecule has 0 bridgehead atoms. The molecule has 0 aliphatic heterocycles. The number of carbonyl (C=O) groups is 3. The summed E-state index contributed by atoms with van der Waals surface area (Å²) in [6.45, 7) is 10.0. The van der Waals surface area contributed by atoms with Gasteiger partial charge in [-0.25, -0.2) is 4.79 Å². The zero-order valence-electron chi connectivity index (χ0n) is 33.4. The maximum absolute atomic E-state index is 12.0. The molecule has 0 aliphatic carbocycles. The van der Waals surface area contributed by atoms with Crippen LogP contribution in [0.3, 0.4) is 0 Å². The number of carbonyl (C=O) groups excluding carboxylic acids is 3. The number of rotatable bonds is 38. The number of hydrogen-bond donors (Lipinski definition) is 1. The highest BCUT2D eigenvalue weighted by Crippen LogP contribution is 2.12. The van der Waals surface area contributed by atoms with Crippen molar-refractivity contribution < 1.29 is 28.6 Å². The molecule has 0 aromatic heterocycles. The highest BCUT2D eigenvalue weighted by atomic mass is 16.5. The quantitative estimate of drug-likeness (QED) is 0.0384. The molecule has 50 heavy (non-hydrogen) atoms. The van der Waals surface area contributed by atoms with Crippen molar-refractivity contribution in [2.75, 3.05) is 66.6 Å². The molecule has 0 saturated carbocycles. The predicted octanol–water partition coefficient (Wildman–Crippen LogP) is 9.85. The maximum Gasteiger partial charge on any atom is 0.407 e. The van der Waals surface area contributed by atoms with E-state index in [4.69, 9.17) is 14.2 Å². The minimum absolute atomic E-state index is 0.0414. The van der Waals surface area contributed by atoms with Crippen LogP contribution < -0.4 is 5.32 Å². The fourth-order valence-electron chi connectivity index (χ4n) is 5.94. The number of nitrogens with one attached hydrogen (secondary N) is 1. The molecule has 0 fully saturated rings. The summed E-state index contributed by atoms with van der Waals surface area (Å²) in [6, 6.07) is 0. The van der Waals surface area contributed by atoms with Gasteiger partial charge >= 0.3 is 18.0 Å². The highest BCUT2D eigenvalue weighted by molar-refractivity contribution is 5.69. The topological polar surface area (TPSA) is 97.4 Å². The monoisotopic (exact) mass is 712 g/mol. The van der Waals surface area contributed by atoms with Gasteiger partial charge in [0.1, 0.15) is 6.61 Å². The SMILES string of the molecule is CCCCCCCCCC(=O)OCCCCCCCN(CCCCCCCOC(=O)CCCCCCCCC)CCOC(=O)NCCN(C)C. The molecule has 0 saturated heterocycles. The lowest BCUT2D eigenvalue weighted by atomic mass is 10.1. The number of hydrogen-bond acceptors (Lipinski definition) is 8. The third-order valence-corrected chi connectivity index (χ3v) is 9.20. The van der Waals surface area contributed by atoms with Crippen molar-refractivity contribution in [3.63, 3.8) is 0 Å². The van der Waals surface area contributed by atoms with E-state index in [0.29, 0.717) is 39.2 Å². The Morgan fingerprint density at radius 3 is 1.28 bits per heavy atom. The fourth-order valence-corrected chi connectivity index (χ4v) is 5.94. The van der Waals surface area contributed by atoms with Crippen LogP contribution in [0.2, 0.25) is 0 Å². The number of ether oxygens (including phenoxy) is 3. The van der Waals surface area contributed by atoms with Gasteiger partial charge in [0, 0.05) is 32.5 Å². The van der Waals surface area contributed by atoms with E-state index in [9.17, 15) is 14.4 Å². The van der Waals surface area contributed by atoms with E-state index in [2.05, 4.69) is 24.1 Å². The van der Waals surface area contributed by atoms with Crippen molar-refractivity contribution in [1.29, 1.82) is 0 Å². The third kappa shape index (κ3) is 37.4. The molecule has 0 aliphatic rings. The first kappa shape index (κ1) is 48.1. The highest BCUT2D eigenvalue weighted by Gasteiger charge is 2.09. The van der Waals surface area contributed by atoms with Gasteiger partial charge in [-0.3, -0.25) is 14.5 Å². The van der Waals surface area contributed by atoms with E-state index in [-0.39, 0.29) is 18.0 Å². The Bertz CT molecular complexity index is 721.